The third kappa shape index (κ3) is 12.1. The number of carbonyl (C=O) groups excluding carboxylic acids is 5. The van der Waals surface area contributed by atoms with E-state index in [9.17, 15) is 24.0 Å². The Morgan fingerprint density at radius 1 is 0.628 bits per heavy atom. The molecule has 1 fully saturated rings. The molecular formula is C32H49IN4O6. The molecule has 0 bridgehead atoms. The summed E-state index contributed by atoms with van der Waals surface area (Å²) in [5.41, 5.74) is 0.817. The van der Waals surface area contributed by atoms with E-state index >= 15 is 0 Å². The topological polar surface area (TPSA) is 143 Å². The Balaban J connectivity index is 2.60. The maximum Gasteiger partial charge on any atom is 0.329 e. The van der Waals surface area contributed by atoms with Crippen LogP contribution < -0.4 is 21.3 Å². The van der Waals surface area contributed by atoms with E-state index in [0.717, 1.165) is 9.13 Å². The first-order valence-corrected chi connectivity index (χ1v) is 16.3. The first-order chi connectivity index (χ1) is 20.1. The molecule has 1 aromatic rings. The number of amides is 4. The third-order valence-corrected chi connectivity index (χ3v) is 7.84. The van der Waals surface area contributed by atoms with Gasteiger partial charge in [-0.05, 0) is 83.2 Å². The Labute approximate surface area is 269 Å². The quantitative estimate of drug-likeness (QED) is 0.228. The second kappa shape index (κ2) is 17.0. The van der Waals surface area contributed by atoms with Gasteiger partial charge >= 0.3 is 5.97 Å². The van der Waals surface area contributed by atoms with Gasteiger partial charge < -0.3 is 26.0 Å². The summed E-state index contributed by atoms with van der Waals surface area (Å²) in [6.07, 6.45) is -0.160. The number of hydrogen-bond acceptors (Lipinski definition) is 6. The van der Waals surface area contributed by atoms with E-state index in [2.05, 4.69) is 43.9 Å². The summed E-state index contributed by atoms with van der Waals surface area (Å²) in [7, 11) is 0. The molecule has 2 rings (SSSR count). The van der Waals surface area contributed by atoms with E-state index in [1.807, 2.05) is 65.8 Å². The molecule has 4 amide bonds. The van der Waals surface area contributed by atoms with Crippen LogP contribution in [0.3, 0.4) is 0 Å². The van der Waals surface area contributed by atoms with Crippen molar-refractivity contribution in [3.63, 3.8) is 0 Å². The van der Waals surface area contributed by atoms with Gasteiger partial charge in [-0.25, -0.2) is 4.79 Å². The molecule has 0 aromatic heterocycles. The molecule has 0 spiro atoms. The molecular weight excluding hydrogens is 663 g/mol. The van der Waals surface area contributed by atoms with Crippen LogP contribution in [-0.4, -0.2) is 59.9 Å². The van der Waals surface area contributed by atoms with Crippen LogP contribution in [0.5, 0.6) is 0 Å². The average molecular weight is 713 g/mol. The predicted molar refractivity (Wildman–Crippen MR) is 174 cm³/mol. The van der Waals surface area contributed by atoms with Crippen molar-refractivity contribution in [1.82, 2.24) is 21.3 Å². The van der Waals surface area contributed by atoms with Crippen LogP contribution in [0.2, 0.25) is 0 Å². The first-order valence-electron chi connectivity index (χ1n) is 15.2. The van der Waals surface area contributed by atoms with Crippen LogP contribution in [0.4, 0.5) is 0 Å². The van der Waals surface area contributed by atoms with Crippen molar-refractivity contribution in [3.05, 3.63) is 33.4 Å². The number of rotatable bonds is 9. The summed E-state index contributed by atoms with van der Waals surface area (Å²) in [6.45, 7) is 15.1. The first kappa shape index (κ1) is 36.5. The van der Waals surface area contributed by atoms with Crippen molar-refractivity contribution >= 4 is 52.2 Å². The predicted octanol–water partition coefficient (Wildman–Crippen LogP) is 3.49. The number of cyclic esters (lactones) is 1. The van der Waals surface area contributed by atoms with Gasteiger partial charge in [-0.2, -0.15) is 0 Å². The van der Waals surface area contributed by atoms with Crippen molar-refractivity contribution < 1.29 is 28.7 Å². The van der Waals surface area contributed by atoms with Crippen molar-refractivity contribution in [2.24, 2.45) is 23.7 Å². The highest BCUT2D eigenvalue weighted by molar-refractivity contribution is 14.1. The van der Waals surface area contributed by atoms with Gasteiger partial charge in [0, 0.05) is 9.99 Å². The monoisotopic (exact) mass is 712 g/mol. The normalized spacial score (nSPS) is 24.7. The lowest BCUT2D eigenvalue weighted by Gasteiger charge is -2.28. The van der Waals surface area contributed by atoms with E-state index in [0.29, 0.717) is 6.42 Å². The largest absolute Gasteiger partial charge is 0.451 e. The van der Waals surface area contributed by atoms with Gasteiger partial charge in [-0.3, -0.25) is 19.2 Å². The molecule has 1 saturated heterocycles. The zero-order valence-corrected chi connectivity index (χ0v) is 28.8. The van der Waals surface area contributed by atoms with Crippen molar-refractivity contribution in [2.75, 3.05) is 0 Å². The number of ether oxygens (including phenoxy) is 1. The lowest BCUT2D eigenvalue weighted by molar-refractivity contribution is -0.160. The second-order valence-corrected chi connectivity index (χ2v) is 14.3. The molecule has 240 valence electrons. The fraction of sp³-hybridized carbons (Fsp3) is 0.656. The minimum absolute atomic E-state index is 0.00524. The second-order valence-electron chi connectivity index (χ2n) is 13.1. The van der Waals surface area contributed by atoms with Crippen molar-refractivity contribution in [1.29, 1.82) is 0 Å². The zero-order valence-electron chi connectivity index (χ0n) is 26.7. The SMILES string of the molecule is CC(C)C[C@@H]1NC(=O)[C@H](C(C)C)NC(=O)[C@H](CC(C)C)OC(=O)[C@H](CC(C)C)NC(=O)[C@H](Cc2ccc(I)cc2)NC1=O. The molecule has 11 heteroatoms. The van der Waals surface area contributed by atoms with Gasteiger partial charge in [0.15, 0.2) is 6.10 Å². The van der Waals surface area contributed by atoms with Gasteiger partial charge in [0.2, 0.25) is 17.7 Å². The number of nitrogens with one attached hydrogen (secondary N) is 4. The maximum atomic E-state index is 13.8. The average Bonchev–Trinajstić information content (AvgIpc) is 2.89. The lowest BCUT2D eigenvalue weighted by atomic mass is 9.98. The number of benzene rings is 1. The minimum Gasteiger partial charge on any atom is -0.451 e. The lowest BCUT2D eigenvalue weighted by Crippen LogP contribution is -2.59. The molecule has 1 aliphatic rings. The van der Waals surface area contributed by atoms with Crippen LogP contribution >= 0.6 is 22.6 Å². The summed E-state index contributed by atoms with van der Waals surface area (Å²) >= 11 is 2.19. The number of hydrogen-bond donors (Lipinski definition) is 4. The highest BCUT2D eigenvalue weighted by atomic mass is 127. The summed E-state index contributed by atoms with van der Waals surface area (Å²) in [5, 5.41) is 11.2. The van der Waals surface area contributed by atoms with Crippen molar-refractivity contribution in [3.8, 4) is 0 Å². The summed E-state index contributed by atoms with van der Waals surface area (Å²) in [4.78, 5) is 67.9. The summed E-state index contributed by atoms with van der Waals surface area (Å²) < 4.78 is 6.77. The molecule has 1 heterocycles. The molecule has 1 aliphatic heterocycles. The summed E-state index contributed by atoms with van der Waals surface area (Å²) in [6, 6.07) is 3.60. The smallest absolute Gasteiger partial charge is 0.329 e. The summed E-state index contributed by atoms with van der Waals surface area (Å²) in [5.74, 6) is -3.17. The Bertz CT molecular complexity index is 1120. The van der Waals surface area contributed by atoms with Crippen molar-refractivity contribution in [2.45, 2.75) is 111 Å². The Morgan fingerprint density at radius 2 is 1.12 bits per heavy atom. The van der Waals surface area contributed by atoms with Gasteiger partial charge in [-0.1, -0.05) is 67.5 Å². The Kier molecular flexibility index (Phi) is 14.4. The van der Waals surface area contributed by atoms with Crippen LogP contribution in [-0.2, 0) is 35.1 Å². The zero-order chi connectivity index (χ0) is 32.4. The molecule has 4 N–H and O–H groups in total. The molecule has 0 saturated carbocycles. The molecule has 43 heavy (non-hydrogen) atoms. The van der Waals surface area contributed by atoms with Crippen LogP contribution in [0.25, 0.3) is 0 Å². The van der Waals surface area contributed by atoms with Gasteiger partial charge in [0.1, 0.15) is 24.2 Å². The number of esters is 1. The van der Waals surface area contributed by atoms with E-state index in [-0.39, 0.29) is 42.9 Å². The molecule has 0 radical (unpaired) electrons. The molecule has 5 atom stereocenters. The van der Waals surface area contributed by atoms with E-state index < -0.39 is 59.9 Å². The number of carbonyl (C=O) groups is 5. The van der Waals surface area contributed by atoms with Crippen LogP contribution in [0, 0.1) is 27.2 Å². The molecule has 0 aliphatic carbocycles. The molecule has 1 aromatic carbocycles. The molecule has 10 nitrogen and oxygen atoms in total. The van der Waals surface area contributed by atoms with Gasteiger partial charge in [0.25, 0.3) is 5.91 Å². The highest BCUT2D eigenvalue weighted by Crippen LogP contribution is 2.16. The van der Waals surface area contributed by atoms with E-state index in [1.54, 1.807) is 13.8 Å². The fourth-order valence-corrected chi connectivity index (χ4v) is 5.26. The van der Waals surface area contributed by atoms with E-state index in [4.69, 9.17) is 4.74 Å². The van der Waals surface area contributed by atoms with E-state index in [1.165, 1.54) is 0 Å². The maximum absolute atomic E-state index is 13.8. The van der Waals surface area contributed by atoms with Crippen LogP contribution in [0.1, 0.15) is 80.2 Å². The van der Waals surface area contributed by atoms with Gasteiger partial charge in [-0.15, -0.1) is 0 Å². The fourth-order valence-electron chi connectivity index (χ4n) is 4.90. The third-order valence-electron chi connectivity index (χ3n) is 7.12. The van der Waals surface area contributed by atoms with Crippen LogP contribution in [0.15, 0.2) is 24.3 Å². The Morgan fingerprint density at radius 3 is 1.65 bits per heavy atom. The van der Waals surface area contributed by atoms with Gasteiger partial charge in [0.05, 0.1) is 0 Å². The number of halogens is 1. The highest BCUT2D eigenvalue weighted by Gasteiger charge is 2.37. The standard InChI is InChI=1S/C32H49IN4O6/c1-17(2)13-23-28(38)34-24(16-21-9-11-22(33)12-10-21)29(39)36-25(14-18(3)4)32(42)43-26(15-19(5)6)30(40)37-27(20(7)8)31(41)35-23/h9-12,17-20,23-27H,13-16H2,1-8H3,(H,34,38)(H,35,41)(H,36,39)(H,37,40)/t23-,24-,25-,26-,27-/m0/s1. The molecule has 0 unspecified atom stereocenters. The Hall–Kier alpha value is -2.70. The minimum atomic E-state index is -1.16.